The molecular formula is C11H18N2O3. The summed E-state index contributed by atoms with van der Waals surface area (Å²) in [5.41, 5.74) is 6.64. The zero-order chi connectivity index (χ0) is 12.0. The van der Waals surface area contributed by atoms with Gasteiger partial charge in [-0.1, -0.05) is 0 Å². The molecule has 0 saturated carbocycles. The van der Waals surface area contributed by atoms with Crippen molar-refractivity contribution in [1.29, 1.82) is 0 Å². The van der Waals surface area contributed by atoms with Crippen LogP contribution in [0.5, 0.6) is 0 Å². The number of aryl methyl sites for hydroxylation is 1. The zero-order valence-corrected chi connectivity index (χ0v) is 9.48. The molecule has 3 N–H and O–H groups in total. The summed E-state index contributed by atoms with van der Waals surface area (Å²) in [4.78, 5) is 11.6. The van der Waals surface area contributed by atoms with E-state index in [4.69, 9.17) is 15.6 Å². The number of ether oxygens (including phenoxy) is 1. The first kappa shape index (κ1) is 12.6. The average molecular weight is 226 g/mol. The zero-order valence-electron chi connectivity index (χ0n) is 9.48. The minimum absolute atomic E-state index is 0.121. The van der Waals surface area contributed by atoms with Gasteiger partial charge in [-0.2, -0.15) is 0 Å². The van der Waals surface area contributed by atoms with Crippen LogP contribution >= 0.6 is 0 Å². The number of nitrogens with zero attached hydrogens (tertiary/aromatic N) is 1. The Morgan fingerprint density at radius 2 is 2.31 bits per heavy atom. The standard InChI is InChI=1S/C11H18N2O3/c1-2-13-8-9(12)7-10(13)11(15)16-6-4-3-5-14/h7-8,14H,2-6,12H2,1H3. The van der Waals surface area contributed by atoms with E-state index in [1.165, 1.54) is 0 Å². The smallest absolute Gasteiger partial charge is 0.355 e. The maximum Gasteiger partial charge on any atom is 0.355 e. The van der Waals surface area contributed by atoms with Crippen LogP contribution in [0.4, 0.5) is 5.69 Å². The molecule has 0 bridgehead atoms. The number of anilines is 1. The number of nitrogen functional groups attached to an aromatic ring is 1. The number of hydrogen-bond acceptors (Lipinski definition) is 4. The minimum atomic E-state index is -0.364. The summed E-state index contributed by atoms with van der Waals surface area (Å²) in [6.07, 6.45) is 3.03. The van der Waals surface area contributed by atoms with Gasteiger partial charge >= 0.3 is 5.97 Å². The highest BCUT2D eigenvalue weighted by Crippen LogP contribution is 2.11. The van der Waals surface area contributed by atoms with E-state index < -0.39 is 0 Å². The quantitative estimate of drug-likeness (QED) is 0.560. The Hall–Kier alpha value is -1.49. The van der Waals surface area contributed by atoms with Crippen molar-refractivity contribution >= 4 is 11.7 Å². The van der Waals surface area contributed by atoms with E-state index in [1.807, 2.05) is 6.92 Å². The van der Waals surface area contributed by atoms with Crippen LogP contribution < -0.4 is 5.73 Å². The molecule has 16 heavy (non-hydrogen) atoms. The Bertz CT molecular complexity index is 347. The number of hydrogen-bond donors (Lipinski definition) is 2. The van der Waals surface area contributed by atoms with Gasteiger partial charge < -0.3 is 20.1 Å². The van der Waals surface area contributed by atoms with Gasteiger partial charge in [0.1, 0.15) is 5.69 Å². The molecule has 5 heteroatoms. The van der Waals surface area contributed by atoms with Crippen molar-refractivity contribution in [2.45, 2.75) is 26.3 Å². The fraction of sp³-hybridized carbons (Fsp3) is 0.545. The summed E-state index contributed by atoms with van der Waals surface area (Å²) in [6.45, 7) is 3.06. The van der Waals surface area contributed by atoms with E-state index in [-0.39, 0.29) is 12.6 Å². The van der Waals surface area contributed by atoms with Crippen LogP contribution in [0.2, 0.25) is 0 Å². The lowest BCUT2D eigenvalue weighted by atomic mass is 10.3. The van der Waals surface area contributed by atoms with Crippen LogP contribution in [0.15, 0.2) is 12.3 Å². The van der Waals surface area contributed by atoms with Crippen molar-refractivity contribution in [2.75, 3.05) is 18.9 Å². The molecule has 1 rings (SSSR count). The SMILES string of the molecule is CCn1cc(N)cc1C(=O)OCCCCO. The third-order valence-corrected chi connectivity index (χ3v) is 2.25. The number of aliphatic hydroxyl groups is 1. The van der Waals surface area contributed by atoms with Crippen molar-refractivity contribution < 1.29 is 14.6 Å². The largest absolute Gasteiger partial charge is 0.461 e. The summed E-state index contributed by atoms with van der Waals surface area (Å²) >= 11 is 0. The highest BCUT2D eigenvalue weighted by atomic mass is 16.5. The summed E-state index contributed by atoms with van der Waals surface area (Å²) in [5.74, 6) is -0.364. The highest BCUT2D eigenvalue weighted by molar-refractivity contribution is 5.89. The predicted molar refractivity (Wildman–Crippen MR) is 61.1 cm³/mol. The molecule has 90 valence electrons. The van der Waals surface area contributed by atoms with Crippen LogP contribution in [0.3, 0.4) is 0 Å². The fourth-order valence-corrected chi connectivity index (χ4v) is 1.42. The van der Waals surface area contributed by atoms with E-state index in [2.05, 4.69) is 0 Å². The third-order valence-electron chi connectivity index (χ3n) is 2.25. The van der Waals surface area contributed by atoms with Crippen LogP contribution in [0.1, 0.15) is 30.3 Å². The molecule has 0 amide bonds. The second-order valence-electron chi connectivity index (χ2n) is 3.51. The number of aromatic nitrogens is 1. The molecule has 1 aromatic rings. The van der Waals surface area contributed by atoms with Crippen LogP contribution in [-0.2, 0) is 11.3 Å². The van der Waals surface area contributed by atoms with Crippen molar-refractivity contribution in [3.63, 3.8) is 0 Å². The molecular weight excluding hydrogens is 208 g/mol. The minimum Gasteiger partial charge on any atom is -0.461 e. The molecule has 0 spiro atoms. The maximum atomic E-state index is 11.6. The normalized spacial score (nSPS) is 10.4. The number of esters is 1. The second-order valence-corrected chi connectivity index (χ2v) is 3.51. The topological polar surface area (TPSA) is 77.5 Å². The Labute approximate surface area is 94.8 Å². The summed E-state index contributed by atoms with van der Waals surface area (Å²) in [6, 6.07) is 1.61. The van der Waals surface area contributed by atoms with Gasteiger partial charge in [0.05, 0.1) is 12.3 Å². The van der Waals surface area contributed by atoms with E-state index in [9.17, 15) is 4.79 Å². The van der Waals surface area contributed by atoms with Gasteiger partial charge in [0, 0.05) is 19.3 Å². The molecule has 0 aliphatic heterocycles. The first-order valence-electron chi connectivity index (χ1n) is 5.42. The number of carbonyl (C=O) groups excluding carboxylic acids is 1. The van der Waals surface area contributed by atoms with Gasteiger partial charge in [-0.25, -0.2) is 4.79 Å². The van der Waals surface area contributed by atoms with Crippen molar-refractivity contribution in [3.8, 4) is 0 Å². The molecule has 0 fully saturated rings. The average Bonchev–Trinajstić information content (AvgIpc) is 2.65. The highest BCUT2D eigenvalue weighted by Gasteiger charge is 2.12. The Morgan fingerprint density at radius 1 is 1.56 bits per heavy atom. The van der Waals surface area contributed by atoms with E-state index in [1.54, 1.807) is 16.8 Å². The predicted octanol–water partition coefficient (Wildman–Crippen LogP) is 1.02. The molecule has 5 nitrogen and oxygen atoms in total. The fourth-order valence-electron chi connectivity index (χ4n) is 1.42. The first-order valence-corrected chi connectivity index (χ1v) is 5.42. The Morgan fingerprint density at radius 3 is 2.94 bits per heavy atom. The van der Waals surface area contributed by atoms with Gasteiger partial charge in [-0.15, -0.1) is 0 Å². The first-order chi connectivity index (χ1) is 7.69. The molecule has 0 unspecified atom stereocenters. The van der Waals surface area contributed by atoms with Gasteiger partial charge in [0.2, 0.25) is 0 Å². The van der Waals surface area contributed by atoms with Crippen molar-refractivity contribution in [1.82, 2.24) is 4.57 Å². The molecule has 1 heterocycles. The van der Waals surface area contributed by atoms with Crippen LogP contribution in [-0.4, -0.2) is 28.9 Å². The lowest BCUT2D eigenvalue weighted by Crippen LogP contribution is -2.12. The van der Waals surface area contributed by atoms with E-state index in [0.717, 1.165) is 0 Å². The van der Waals surface area contributed by atoms with Gasteiger partial charge in [-0.05, 0) is 25.8 Å². The number of carbonyl (C=O) groups is 1. The van der Waals surface area contributed by atoms with Crippen LogP contribution in [0, 0.1) is 0 Å². The maximum absolute atomic E-state index is 11.6. The third kappa shape index (κ3) is 3.27. The second kappa shape index (κ2) is 6.17. The molecule has 0 aromatic carbocycles. The number of unbranched alkanes of at least 4 members (excludes halogenated alkanes) is 1. The van der Waals surface area contributed by atoms with Gasteiger partial charge in [0.15, 0.2) is 0 Å². The van der Waals surface area contributed by atoms with E-state index in [0.29, 0.717) is 37.4 Å². The summed E-state index contributed by atoms with van der Waals surface area (Å²) < 4.78 is 6.81. The van der Waals surface area contributed by atoms with Gasteiger partial charge in [0.25, 0.3) is 0 Å². The van der Waals surface area contributed by atoms with E-state index >= 15 is 0 Å². The molecule has 0 atom stereocenters. The Balaban J connectivity index is 2.51. The molecule has 0 aliphatic rings. The molecule has 0 aliphatic carbocycles. The monoisotopic (exact) mass is 226 g/mol. The number of rotatable bonds is 6. The lowest BCUT2D eigenvalue weighted by Gasteiger charge is -2.06. The number of aliphatic hydroxyl groups excluding tert-OH is 1. The Kier molecular flexibility index (Phi) is 4.85. The van der Waals surface area contributed by atoms with Gasteiger partial charge in [-0.3, -0.25) is 0 Å². The number of nitrogens with two attached hydrogens (primary N) is 1. The molecule has 0 saturated heterocycles. The van der Waals surface area contributed by atoms with Crippen molar-refractivity contribution in [2.24, 2.45) is 0 Å². The lowest BCUT2D eigenvalue weighted by molar-refractivity contribution is 0.0480. The molecule has 0 radical (unpaired) electrons. The molecule has 1 aromatic heterocycles. The van der Waals surface area contributed by atoms with Crippen molar-refractivity contribution in [3.05, 3.63) is 18.0 Å². The van der Waals surface area contributed by atoms with Crippen LogP contribution in [0.25, 0.3) is 0 Å². The summed E-state index contributed by atoms with van der Waals surface area (Å²) in [7, 11) is 0. The summed E-state index contributed by atoms with van der Waals surface area (Å²) in [5, 5.41) is 8.57.